The lowest BCUT2D eigenvalue weighted by Crippen LogP contribution is -2.32. The van der Waals surface area contributed by atoms with Crippen molar-refractivity contribution in [3.8, 4) is 0 Å². The Morgan fingerprint density at radius 2 is 2.17 bits per heavy atom. The summed E-state index contributed by atoms with van der Waals surface area (Å²) in [5, 5.41) is 3.44. The van der Waals surface area contributed by atoms with Gasteiger partial charge in [0.2, 0.25) is 0 Å². The third-order valence-corrected chi connectivity index (χ3v) is 3.82. The molecule has 1 aromatic heterocycles. The summed E-state index contributed by atoms with van der Waals surface area (Å²) in [5.74, 6) is 2.04. The second kappa shape index (κ2) is 6.95. The number of hydrogen-bond acceptors (Lipinski definition) is 3. The Bertz CT molecular complexity index is 340. The minimum Gasteiger partial charge on any atom is -0.468 e. The maximum Gasteiger partial charge on any atom is 0.122 e. The molecule has 1 N–H and O–H groups in total. The summed E-state index contributed by atoms with van der Waals surface area (Å²) >= 11 is 0. The fourth-order valence-corrected chi connectivity index (χ4v) is 2.49. The predicted molar refractivity (Wildman–Crippen MR) is 74.4 cm³/mol. The lowest BCUT2D eigenvalue weighted by molar-refractivity contribution is 0.173. The molecule has 0 saturated carbocycles. The van der Waals surface area contributed by atoms with E-state index >= 15 is 0 Å². The van der Waals surface area contributed by atoms with Gasteiger partial charge < -0.3 is 9.73 Å². The summed E-state index contributed by atoms with van der Waals surface area (Å²) in [6.45, 7) is 9.95. The number of rotatable bonds is 6. The van der Waals surface area contributed by atoms with Crippen molar-refractivity contribution in [2.45, 2.75) is 46.2 Å². The third kappa shape index (κ3) is 3.85. The number of furan rings is 1. The molecule has 0 radical (unpaired) electrons. The summed E-state index contributed by atoms with van der Waals surface area (Å²) in [6.07, 6.45) is 5.65. The second-order valence-corrected chi connectivity index (χ2v) is 5.50. The van der Waals surface area contributed by atoms with Gasteiger partial charge in [-0.2, -0.15) is 0 Å². The van der Waals surface area contributed by atoms with Crippen LogP contribution in [0.1, 0.15) is 44.4 Å². The van der Waals surface area contributed by atoms with Crippen LogP contribution in [0.5, 0.6) is 0 Å². The van der Waals surface area contributed by atoms with Gasteiger partial charge in [0.1, 0.15) is 5.76 Å². The van der Waals surface area contributed by atoms with Crippen molar-refractivity contribution in [3.05, 3.63) is 23.7 Å². The summed E-state index contributed by atoms with van der Waals surface area (Å²) < 4.78 is 5.64. The molecular formula is C15H26N2O. The first-order valence-corrected chi connectivity index (χ1v) is 7.28. The molecule has 102 valence electrons. The van der Waals surface area contributed by atoms with E-state index in [1.807, 2.05) is 6.26 Å². The Kier molecular flexibility index (Phi) is 5.26. The Hall–Kier alpha value is -0.800. The van der Waals surface area contributed by atoms with Crippen LogP contribution in [0, 0.1) is 5.92 Å². The lowest BCUT2D eigenvalue weighted by atomic mass is 9.99. The van der Waals surface area contributed by atoms with E-state index in [2.05, 4.69) is 30.1 Å². The zero-order valence-electron chi connectivity index (χ0n) is 11.7. The van der Waals surface area contributed by atoms with Crippen molar-refractivity contribution < 1.29 is 4.42 Å². The molecule has 0 aliphatic carbocycles. The van der Waals surface area contributed by atoms with Crippen LogP contribution in [0.2, 0.25) is 0 Å². The molecule has 1 aliphatic rings. The fraction of sp³-hybridized carbons (Fsp3) is 0.733. The molecule has 0 amide bonds. The monoisotopic (exact) mass is 250 g/mol. The first-order chi connectivity index (χ1) is 8.79. The summed E-state index contributed by atoms with van der Waals surface area (Å²) in [4.78, 5) is 2.52. The maximum atomic E-state index is 5.64. The van der Waals surface area contributed by atoms with Gasteiger partial charge in [-0.15, -0.1) is 0 Å². The number of nitrogens with zero attached hydrogens (tertiary/aromatic N) is 1. The Labute approximate surface area is 111 Å². The third-order valence-electron chi connectivity index (χ3n) is 3.82. The van der Waals surface area contributed by atoms with Gasteiger partial charge in [0.15, 0.2) is 0 Å². The van der Waals surface area contributed by atoms with Crippen LogP contribution in [0.3, 0.4) is 0 Å². The molecule has 3 nitrogen and oxygen atoms in total. The minimum atomic E-state index is 0.892. The van der Waals surface area contributed by atoms with E-state index in [1.165, 1.54) is 37.9 Å². The Balaban J connectivity index is 1.83. The average Bonchev–Trinajstić information content (AvgIpc) is 2.80. The highest BCUT2D eigenvalue weighted by molar-refractivity contribution is 5.16. The highest BCUT2D eigenvalue weighted by Crippen LogP contribution is 2.20. The minimum absolute atomic E-state index is 0.892. The predicted octanol–water partition coefficient (Wildman–Crippen LogP) is 3.01. The van der Waals surface area contributed by atoms with Crippen molar-refractivity contribution in [2.24, 2.45) is 5.92 Å². The first kappa shape index (κ1) is 13.6. The molecule has 18 heavy (non-hydrogen) atoms. The van der Waals surface area contributed by atoms with Gasteiger partial charge in [0.25, 0.3) is 0 Å². The number of piperidine rings is 1. The van der Waals surface area contributed by atoms with Gasteiger partial charge >= 0.3 is 0 Å². The van der Waals surface area contributed by atoms with Gasteiger partial charge in [0, 0.05) is 12.1 Å². The van der Waals surface area contributed by atoms with Crippen molar-refractivity contribution in [1.29, 1.82) is 0 Å². The van der Waals surface area contributed by atoms with Crippen LogP contribution in [0.4, 0.5) is 0 Å². The number of hydrogen-bond donors (Lipinski definition) is 1. The van der Waals surface area contributed by atoms with Gasteiger partial charge in [0.05, 0.1) is 12.8 Å². The van der Waals surface area contributed by atoms with Crippen molar-refractivity contribution >= 4 is 0 Å². The van der Waals surface area contributed by atoms with E-state index in [9.17, 15) is 0 Å². The highest BCUT2D eigenvalue weighted by atomic mass is 16.3. The standard InChI is InChI=1S/C15H26N2O/c1-3-7-16-11-14-6-10-18-15(14)12-17-8-4-13(2)5-9-17/h6,10,13,16H,3-5,7-9,11-12H2,1-2H3. The Morgan fingerprint density at radius 3 is 2.89 bits per heavy atom. The topological polar surface area (TPSA) is 28.4 Å². The highest BCUT2D eigenvalue weighted by Gasteiger charge is 2.18. The van der Waals surface area contributed by atoms with E-state index in [0.717, 1.165) is 31.3 Å². The molecular weight excluding hydrogens is 224 g/mol. The fourth-order valence-electron chi connectivity index (χ4n) is 2.49. The summed E-state index contributed by atoms with van der Waals surface area (Å²) in [5.41, 5.74) is 1.32. The normalized spacial score (nSPS) is 18.3. The van der Waals surface area contributed by atoms with Gasteiger partial charge in [-0.05, 0) is 50.9 Å². The zero-order chi connectivity index (χ0) is 12.8. The van der Waals surface area contributed by atoms with Crippen molar-refractivity contribution in [2.75, 3.05) is 19.6 Å². The van der Waals surface area contributed by atoms with Crippen LogP contribution < -0.4 is 5.32 Å². The Morgan fingerprint density at radius 1 is 1.39 bits per heavy atom. The molecule has 1 aromatic rings. The summed E-state index contributed by atoms with van der Waals surface area (Å²) in [6, 6.07) is 2.10. The van der Waals surface area contributed by atoms with Gasteiger partial charge in [-0.1, -0.05) is 13.8 Å². The van der Waals surface area contributed by atoms with Crippen molar-refractivity contribution in [3.63, 3.8) is 0 Å². The molecule has 2 rings (SSSR count). The molecule has 1 saturated heterocycles. The molecule has 3 heteroatoms. The van der Waals surface area contributed by atoms with E-state index < -0.39 is 0 Å². The van der Waals surface area contributed by atoms with Crippen LogP contribution >= 0.6 is 0 Å². The SMILES string of the molecule is CCCNCc1ccoc1CN1CCC(C)CC1. The first-order valence-electron chi connectivity index (χ1n) is 7.28. The molecule has 0 aromatic carbocycles. The second-order valence-electron chi connectivity index (χ2n) is 5.50. The quantitative estimate of drug-likeness (QED) is 0.787. The van der Waals surface area contributed by atoms with Crippen LogP contribution in [-0.2, 0) is 13.1 Å². The molecule has 0 spiro atoms. The molecule has 2 heterocycles. The molecule has 0 bridgehead atoms. The van der Waals surface area contributed by atoms with Crippen LogP contribution in [0.25, 0.3) is 0 Å². The molecule has 1 fully saturated rings. The van der Waals surface area contributed by atoms with E-state index in [0.29, 0.717) is 0 Å². The van der Waals surface area contributed by atoms with Crippen LogP contribution in [0.15, 0.2) is 16.7 Å². The average molecular weight is 250 g/mol. The largest absolute Gasteiger partial charge is 0.468 e. The zero-order valence-corrected chi connectivity index (χ0v) is 11.7. The van der Waals surface area contributed by atoms with Crippen LogP contribution in [-0.4, -0.2) is 24.5 Å². The van der Waals surface area contributed by atoms with E-state index in [-0.39, 0.29) is 0 Å². The molecule has 0 unspecified atom stereocenters. The smallest absolute Gasteiger partial charge is 0.122 e. The number of likely N-dealkylation sites (tertiary alicyclic amines) is 1. The van der Waals surface area contributed by atoms with Gasteiger partial charge in [-0.3, -0.25) is 4.90 Å². The van der Waals surface area contributed by atoms with E-state index in [1.54, 1.807) is 0 Å². The molecule has 0 atom stereocenters. The lowest BCUT2D eigenvalue weighted by Gasteiger charge is -2.29. The maximum absolute atomic E-state index is 5.64. The molecule has 1 aliphatic heterocycles. The van der Waals surface area contributed by atoms with E-state index in [4.69, 9.17) is 4.42 Å². The van der Waals surface area contributed by atoms with Gasteiger partial charge in [-0.25, -0.2) is 0 Å². The number of nitrogens with one attached hydrogen (secondary N) is 1. The van der Waals surface area contributed by atoms with Crippen molar-refractivity contribution in [1.82, 2.24) is 10.2 Å². The summed E-state index contributed by atoms with van der Waals surface area (Å²) in [7, 11) is 0.